The summed E-state index contributed by atoms with van der Waals surface area (Å²) in [6, 6.07) is 0. The molecule has 112 valence electrons. The van der Waals surface area contributed by atoms with Crippen molar-refractivity contribution in [3.05, 3.63) is 0 Å². The summed E-state index contributed by atoms with van der Waals surface area (Å²) in [6.45, 7) is 3.74. The molecule has 1 amide bonds. The minimum Gasteiger partial charge on any atom is -0.548 e. The third kappa shape index (κ3) is 11.7. The number of unbranched alkanes of at least 4 members (excludes halogenated alkanes) is 2. The van der Waals surface area contributed by atoms with Gasteiger partial charge in [0, 0.05) is 13.0 Å². The molecule has 0 aliphatic heterocycles. The number of carboxylic acid groups (broad SMARTS) is 1. The molecule has 0 aromatic heterocycles. The van der Waals surface area contributed by atoms with Gasteiger partial charge in [0.2, 0.25) is 5.91 Å². The van der Waals surface area contributed by atoms with E-state index in [2.05, 4.69) is 6.92 Å². The molecule has 0 N–H and O–H groups in total. The van der Waals surface area contributed by atoms with E-state index in [4.69, 9.17) is 0 Å². The zero-order valence-corrected chi connectivity index (χ0v) is 15.0. The molecule has 4 nitrogen and oxygen atoms in total. The fourth-order valence-corrected chi connectivity index (χ4v) is 1.93. The first kappa shape index (κ1) is 22.2. The number of alkyl halides is 1. The van der Waals surface area contributed by atoms with Crippen molar-refractivity contribution in [2.45, 2.75) is 65.0 Å². The molecule has 0 heterocycles. The van der Waals surface area contributed by atoms with Crippen molar-refractivity contribution in [1.29, 1.82) is 0 Å². The smallest absolute Gasteiger partial charge is 0.548 e. The van der Waals surface area contributed by atoms with E-state index in [1.165, 1.54) is 4.90 Å². The van der Waals surface area contributed by atoms with Crippen molar-refractivity contribution in [3.63, 3.8) is 0 Å². The van der Waals surface area contributed by atoms with Crippen LogP contribution in [-0.2, 0) is 9.59 Å². The standard InChI is InChI=1S/C14H26FNO3.Na/c1-3-5-6-8-12(15)9-7-10-13(17)16(4-2)11-14(18)19;/h12H,3-11H2,1-2H3,(H,18,19);/q;+1/p-1. The third-order valence-corrected chi connectivity index (χ3v) is 3.08. The Balaban J connectivity index is 0. The van der Waals surface area contributed by atoms with Gasteiger partial charge in [-0.05, 0) is 26.2 Å². The van der Waals surface area contributed by atoms with Gasteiger partial charge in [0.25, 0.3) is 0 Å². The molecule has 0 fully saturated rings. The van der Waals surface area contributed by atoms with E-state index < -0.39 is 12.1 Å². The van der Waals surface area contributed by atoms with Gasteiger partial charge in [-0.1, -0.05) is 26.2 Å². The molecule has 0 bridgehead atoms. The molecule has 0 aromatic rings. The van der Waals surface area contributed by atoms with Crippen molar-refractivity contribution >= 4 is 11.9 Å². The molecule has 20 heavy (non-hydrogen) atoms. The number of amides is 1. The molecule has 0 aromatic carbocycles. The number of carbonyl (C=O) groups is 2. The van der Waals surface area contributed by atoms with Gasteiger partial charge in [0.05, 0.1) is 12.5 Å². The van der Waals surface area contributed by atoms with Crippen molar-refractivity contribution in [3.8, 4) is 0 Å². The molecule has 6 heteroatoms. The van der Waals surface area contributed by atoms with Crippen LogP contribution in [-0.4, -0.2) is 36.0 Å². The van der Waals surface area contributed by atoms with Crippen LogP contribution in [0, 0.1) is 0 Å². The quantitative estimate of drug-likeness (QED) is 0.351. The van der Waals surface area contributed by atoms with E-state index in [1.54, 1.807) is 6.92 Å². The van der Waals surface area contributed by atoms with Gasteiger partial charge < -0.3 is 14.8 Å². The molecule has 0 radical (unpaired) electrons. The molecule has 1 atom stereocenters. The Morgan fingerprint density at radius 3 is 2.25 bits per heavy atom. The first-order chi connectivity index (χ1) is 9.01. The van der Waals surface area contributed by atoms with Crippen LogP contribution in [0.25, 0.3) is 0 Å². The van der Waals surface area contributed by atoms with Crippen molar-refractivity contribution in [2.75, 3.05) is 13.1 Å². The summed E-state index contributed by atoms with van der Waals surface area (Å²) < 4.78 is 13.4. The molecule has 1 unspecified atom stereocenters. The molecule has 0 rings (SSSR count). The van der Waals surface area contributed by atoms with E-state index >= 15 is 0 Å². The predicted molar refractivity (Wildman–Crippen MR) is 70.2 cm³/mol. The number of aliphatic carboxylic acids is 1. The maximum atomic E-state index is 13.4. The number of hydrogen-bond acceptors (Lipinski definition) is 3. The summed E-state index contributed by atoms with van der Waals surface area (Å²) in [4.78, 5) is 23.3. The Bertz CT molecular complexity index is 277. The average molecular weight is 297 g/mol. The second-order valence-electron chi connectivity index (χ2n) is 4.77. The van der Waals surface area contributed by atoms with Gasteiger partial charge in [0.1, 0.15) is 6.17 Å². The number of carbonyl (C=O) groups excluding carboxylic acids is 2. The summed E-state index contributed by atoms with van der Waals surface area (Å²) in [6.07, 6.45) is 3.74. The van der Waals surface area contributed by atoms with Crippen LogP contribution in [0.1, 0.15) is 58.8 Å². The summed E-state index contributed by atoms with van der Waals surface area (Å²) in [5.74, 6) is -1.51. The van der Waals surface area contributed by atoms with Gasteiger partial charge in [-0.15, -0.1) is 0 Å². The number of halogens is 1. The van der Waals surface area contributed by atoms with Gasteiger partial charge in [0.15, 0.2) is 0 Å². The molecular weight excluding hydrogens is 272 g/mol. The minimum atomic E-state index is -1.27. The zero-order valence-electron chi connectivity index (χ0n) is 13.0. The van der Waals surface area contributed by atoms with Gasteiger partial charge in [-0.25, -0.2) is 4.39 Å². The maximum absolute atomic E-state index is 13.4. The van der Waals surface area contributed by atoms with E-state index in [9.17, 15) is 19.1 Å². The molecule has 0 aliphatic rings. The van der Waals surface area contributed by atoms with Gasteiger partial charge >= 0.3 is 29.6 Å². The van der Waals surface area contributed by atoms with Crippen LogP contribution in [0.15, 0.2) is 0 Å². The van der Waals surface area contributed by atoms with Crippen molar-refractivity contribution in [1.82, 2.24) is 4.90 Å². The van der Waals surface area contributed by atoms with Crippen LogP contribution in [0.4, 0.5) is 4.39 Å². The van der Waals surface area contributed by atoms with Crippen LogP contribution < -0.4 is 34.7 Å². The Kier molecular flexibility index (Phi) is 15.3. The Labute approximate surface area is 143 Å². The number of nitrogens with zero attached hydrogens (tertiary/aromatic N) is 1. The second kappa shape index (κ2) is 13.8. The first-order valence-corrected chi connectivity index (χ1v) is 7.12. The summed E-state index contributed by atoms with van der Waals surface area (Å²) in [5, 5.41) is 10.4. The van der Waals surface area contributed by atoms with Crippen LogP contribution >= 0.6 is 0 Å². The maximum Gasteiger partial charge on any atom is 1.00 e. The summed E-state index contributed by atoms with van der Waals surface area (Å²) >= 11 is 0. The number of carboxylic acids is 1. The number of hydrogen-bond donors (Lipinski definition) is 0. The molecule has 0 saturated heterocycles. The molecule has 0 saturated carbocycles. The molecular formula is C14H25FNNaO3. The van der Waals surface area contributed by atoms with E-state index in [-0.39, 0.29) is 48.4 Å². The van der Waals surface area contributed by atoms with Crippen molar-refractivity contribution < 1.29 is 48.6 Å². The largest absolute Gasteiger partial charge is 1.00 e. The fourth-order valence-electron chi connectivity index (χ4n) is 1.93. The van der Waals surface area contributed by atoms with Crippen LogP contribution in [0.3, 0.4) is 0 Å². The van der Waals surface area contributed by atoms with Crippen LogP contribution in [0.5, 0.6) is 0 Å². The zero-order chi connectivity index (χ0) is 14.7. The Morgan fingerprint density at radius 2 is 1.75 bits per heavy atom. The predicted octanol–water partition coefficient (Wildman–Crippen LogP) is -1.32. The van der Waals surface area contributed by atoms with Gasteiger partial charge in [-0.3, -0.25) is 4.79 Å². The number of rotatable bonds is 11. The fraction of sp³-hybridized carbons (Fsp3) is 0.857. The summed E-state index contributed by atoms with van der Waals surface area (Å²) in [5.41, 5.74) is 0. The van der Waals surface area contributed by atoms with Crippen LogP contribution in [0.2, 0.25) is 0 Å². The summed E-state index contributed by atoms with van der Waals surface area (Å²) in [7, 11) is 0. The topological polar surface area (TPSA) is 60.4 Å². The minimum absolute atomic E-state index is 0. The average Bonchev–Trinajstić information content (AvgIpc) is 2.35. The van der Waals surface area contributed by atoms with E-state index in [1.807, 2.05) is 0 Å². The first-order valence-electron chi connectivity index (χ1n) is 7.12. The van der Waals surface area contributed by atoms with E-state index in [0.29, 0.717) is 25.8 Å². The molecule has 0 aliphatic carbocycles. The Morgan fingerprint density at radius 1 is 1.15 bits per heavy atom. The van der Waals surface area contributed by atoms with Gasteiger partial charge in [-0.2, -0.15) is 0 Å². The second-order valence-corrected chi connectivity index (χ2v) is 4.77. The normalized spacial score (nSPS) is 11.6. The Hall–Kier alpha value is -0.130. The van der Waals surface area contributed by atoms with E-state index in [0.717, 1.165) is 19.3 Å². The third-order valence-electron chi connectivity index (χ3n) is 3.08. The monoisotopic (exact) mass is 297 g/mol. The number of likely N-dealkylation sites (N-methyl/N-ethyl adjacent to an activating group) is 1. The molecule has 0 spiro atoms. The SMILES string of the molecule is CCCCCC(F)CCCC(=O)N(CC)CC(=O)[O-].[Na+]. The van der Waals surface area contributed by atoms with Crippen molar-refractivity contribution in [2.24, 2.45) is 0 Å².